The van der Waals surface area contributed by atoms with E-state index in [1.165, 1.54) is 0 Å². The summed E-state index contributed by atoms with van der Waals surface area (Å²) in [5.74, 6) is 0.633. The highest BCUT2D eigenvalue weighted by Gasteiger charge is 1.91. The SMILES string of the molecule is CCCNC[S+](C)[O-]. The summed E-state index contributed by atoms with van der Waals surface area (Å²) in [4.78, 5) is 0. The topological polar surface area (TPSA) is 35.1 Å². The van der Waals surface area contributed by atoms with Crippen LogP contribution in [-0.4, -0.2) is 23.2 Å². The van der Waals surface area contributed by atoms with Gasteiger partial charge in [0.25, 0.3) is 0 Å². The largest absolute Gasteiger partial charge is 0.616 e. The van der Waals surface area contributed by atoms with Crippen LogP contribution in [0.4, 0.5) is 0 Å². The molecule has 3 heteroatoms. The molecule has 1 unspecified atom stereocenters. The van der Waals surface area contributed by atoms with E-state index in [1.54, 1.807) is 6.26 Å². The van der Waals surface area contributed by atoms with Gasteiger partial charge in [-0.2, -0.15) is 0 Å². The first-order valence-electron chi connectivity index (χ1n) is 2.78. The molecule has 0 spiro atoms. The van der Waals surface area contributed by atoms with Gasteiger partial charge < -0.3 is 4.55 Å². The second-order valence-electron chi connectivity index (χ2n) is 1.72. The summed E-state index contributed by atoms with van der Waals surface area (Å²) < 4.78 is 10.4. The fourth-order valence-electron chi connectivity index (χ4n) is 0.393. The second-order valence-corrected chi connectivity index (χ2v) is 3.15. The lowest BCUT2D eigenvalue weighted by Crippen LogP contribution is -2.22. The van der Waals surface area contributed by atoms with Gasteiger partial charge in [0.2, 0.25) is 0 Å². The Labute approximate surface area is 53.8 Å². The maximum absolute atomic E-state index is 10.4. The zero-order chi connectivity index (χ0) is 6.41. The Balaban J connectivity index is 2.72. The van der Waals surface area contributed by atoms with Crippen molar-refractivity contribution in [2.24, 2.45) is 0 Å². The monoisotopic (exact) mass is 135 g/mol. The average molecular weight is 135 g/mol. The summed E-state index contributed by atoms with van der Waals surface area (Å²) in [7, 11) is 0. The van der Waals surface area contributed by atoms with Gasteiger partial charge in [-0.3, -0.25) is 5.32 Å². The van der Waals surface area contributed by atoms with Crippen molar-refractivity contribution in [3.05, 3.63) is 0 Å². The highest BCUT2D eigenvalue weighted by Crippen LogP contribution is 1.77. The molecule has 0 aliphatic heterocycles. The first kappa shape index (κ1) is 8.27. The molecule has 0 radical (unpaired) electrons. The first-order valence-corrected chi connectivity index (χ1v) is 4.50. The van der Waals surface area contributed by atoms with E-state index in [4.69, 9.17) is 0 Å². The molecular weight excluding hydrogens is 122 g/mol. The zero-order valence-electron chi connectivity index (χ0n) is 5.44. The van der Waals surface area contributed by atoms with Crippen LogP contribution < -0.4 is 5.32 Å². The van der Waals surface area contributed by atoms with Gasteiger partial charge in [-0.25, -0.2) is 0 Å². The van der Waals surface area contributed by atoms with E-state index in [0.717, 1.165) is 13.0 Å². The van der Waals surface area contributed by atoms with Crippen LogP contribution >= 0.6 is 0 Å². The maximum atomic E-state index is 10.4. The standard InChI is InChI=1S/C5H13NOS/c1-3-4-6-5-8(2)7/h6H,3-5H2,1-2H3. The number of hydrogen-bond donors (Lipinski definition) is 1. The quantitative estimate of drug-likeness (QED) is 0.445. The van der Waals surface area contributed by atoms with Gasteiger partial charge in [-0.15, -0.1) is 0 Å². The van der Waals surface area contributed by atoms with Crippen LogP contribution in [0.25, 0.3) is 0 Å². The molecule has 0 aliphatic rings. The predicted molar refractivity (Wildman–Crippen MR) is 37.2 cm³/mol. The lowest BCUT2D eigenvalue weighted by Gasteiger charge is -2.03. The van der Waals surface area contributed by atoms with Crippen molar-refractivity contribution in [2.75, 3.05) is 18.7 Å². The molecule has 0 heterocycles. The van der Waals surface area contributed by atoms with Crippen molar-refractivity contribution >= 4 is 11.2 Å². The molecule has 0 aromatic heterocycles. The highest BCUT2D eigenvalue weighted by molar-refractivity contribution is 7.90. The van der Waals surface area contributed by atoms with Crippen LogP contribution in [0.3, 0.4) is 0 Å². The van der Waals surface area contributed by atoms with Crippen molar-refractivity contribution in [1.82, 2.24) is 5.32 Å². The second kappa shape index (κ2) is 5.41. The minimum atomic E-state index is -0.678. The van der Waals surface area contributed by atoms with Crippen molar-refractivity contribution < 1.29 is 4.55 Å². The van der Waals surface area contributed by atoms with Crippen LogP contribution in [0, 0.1) is 0 Å². The molecule has 0 fully saturated rings. The van der Waals surface area contributed by atoms with E-state index in [1.807, 2.05) is 0 Å². The minimum Gasteiger partial charge on any atom is -0.616 e. The Morgan fingerprint density at radius 1 is 1.62 bits per heavy atom. The molecule has 1 N–H and O–H groups in total. The predicted octanol–water partition coefficient (Wildman–Crippen LogP) is 0.322. The Kier molecular flexibility index (Phi) is 5.59. The number of nitrogens with one attached hydrogen (secondary N) is 1. The molecule has 0 bridgehead atoms. The fourth-order valence-corrected chi connectivity index (χ4v) is 0.824. The Hall–Kier alpha value is 0.270. The van der Waals surface area contributed by atoms with E-state index in [0.29, 0.717) is 5.88 Å². The summed E-state index contributed by atoms with van der Waals surface area (Å²) in [5.41, 5.74) is 0. The Morgan fingerprint density at radius 2 is 2.25 bits per heavy atom. The maximum Gasteiger partial charge on any atom is 0.156 e. The van der Waals surface area contributed by atoms with E-state index in [2.05, 4.69) is 12.2 Å². The molecule has 2 nitrogen and oxygen atoms in total. The molecule has 1 atom stereocenters. The normalized spacial score (nSPS) is 13.9. The molecule has 50 valence electrons. The van der Waals surface area contributed by atoms with E-state index >= 15 is 0 Å². The van der Waals surface area contributed by atoms with Crippen LogP contribution in [0.2, 0.25) is 0 Å². The van der Waals surface area contributed by atoms with Gasteiger partial charge in [-0.05, 0) is 24.1 Å². The molecule has 0 saturated carbocycles. The van der Waals surface area contributed by atoms with Gasteiger partial charge in [-0.1, -0.05) is 6.92 Å². The Morgan fingerprint density at radius 3 is 2.62 bits per heavy atom. The third kappa shape index (κ3) is 6.27. The summed E-state index contributed by atoms with van der Waals surface area (Å²) in [6.07, 6.45) is 2.81. The zero-order valence-corrected chi connectivity index (χ0v) is 6.25. The molecular formula is C5H13NOS. The van der Waals surface area contributed by atoms with Crippen molar-refractivity contribution in [2.45, 2.75) is 13.3 Å². The fraction of sp³-hybridized carbons (Fsp3) is 1.00. The van der Waals surface area contributed by atoms with Gasteiger partial charge >= 0.3 is 0 Å². The summed E-state index contributed by atoms with van der Waals surface area (Å²) in [6.45, 7) is 3.06. The van der Waals surface area contributed by atoms with Crippen molar-refractivity contribution in [3.8, 4) is 0 Å². The average Bonchev–Trinajstić information content (AvgIpc) is 1.66. The molecule has 0 amide bonds. The highest BCUT2D eigenvalue weighted by atomic mass is 32.2. The van der Waals surface area contributed by atoms with Crippen LogP contribution in [0.1, 0.15) is 13.3 Å². The van der Waals surface area contributed by atoms with Gasteiger partial charge in [0.05, 0.1) is 6.26 Å². The summed E-state index contributed by atoms with van der Waals surface area (Å²) in [5, 5.41) is 3.03. The molecule has 0 rings (SSSR count). The van der Waals surface area contributed by atoms with Crippen molar-refractivity contribution in [3.63, 3.8) is 0 Å². The minimum absolute atomic E-state index is 0.633. The molecule has 0 aromatic rings. The molecule has 8 heavy (non-hydrogen) atoms. The van der Waals surface area contributed by atoms with Crippen LogP contribution in [-0.2, 0) is 11.2 Å². The third-order valence-corrected chi connectivity index (χ3v) is 1.34. The van der Waals surface area contributed by atoms with Crippen LogP contribution in [0.15, 0.2) is 0 Å². The smallest absolute Gasteiger partial charge is 0.156 e. The first-order chi connectivity index (χ1) is 3.77. The lowest BCUT2D eigenvalue weighted by molar-refractivity contribution is 0.591. The Bertz CT molecular complexity index is 49.7. The van der Waals surface area contributed by atoms with E-state index in [-0.39, 0.29) is 0 Å². The van der Waals surface area contributed by atoms with Crippen LogP contribution in [0.5, 0.6) is 0 Å². The van der Waals surface area contributed by atoms with Gasteiger partial charge in [0, 0.05) is 0 Å². The third-order valence-electron chi connectivity index (χ3n) is 0.732. The van der Waals surface area contributed by atoms with Gasteiger partial charge in [0.15, 0.2) is 5.88 Å². The number of rotatable bonds is 4. The molecule has 0 aromatic carbocycles. The van der Waals surface area contributed by atoms with Gasteiger partial charge in [0.1, 0.15) is 0 Å². The van der Waals surface area contributed by atoms with E-state index in [9.17, 15) is 4.55 Å². The lowest BCUT2D eigenvalue weighted by atomic mass is 10.5. The number of hydrogen-bond acceptors (Lipinski definition) is 2. The summed E-state index contributed by atoms with van der Waals surface area (Å²) in [6, 6.07) is 0. The molecule has 0 aliphatic carbocycles. The molecule has 0 saturated heterocycles. The van der Waals surface area contributed by atoms with Crippen molar-refractivity contribution in [1.29, 1.82) is 0 Å². The van der Waals surface area contributed by atoms with E-state index < -0.39 is 11.2 Å². The summed E-state index contributed by atoms with van der Waals surface area (Å²) >= 11 is -0.678.